The molecule has 180 valence electrons. The van der Waals surface area contributed by atoms with Gasteiger partial charge in [0.15, 0.2) is 0 Å². The van der Waals surface area contributed by atoms with Crippen molar-refractivity contribution in [1.82, 2.24) is 9.88 Å². The van der Waals surface area contributed by atoms with Gasteiger partial charge in [-0.2, -0.15) is 0 Å². The van der Waals surface area contributed by atoms with E-state index in [0.717, 1.165) is 37.6 Å². The zero-order valence-corrected chi connectivity index (χ0v) is 19.9. The molecule has 1 fully saturated rings. The van der Waals surface area contributed by atoms with Gasteiger partial charge >= 0.3 is 5.97 Å². The molecular formula is C25H30N4O5. The van der Waals surface area contributed by atoms with Crippen LogP contribution in [-0.4, -0.2) is 75.3 Å². The Labute approximate surface area is 198 Å². The number of piperazine rings is 1. The quantitative estimate of drug-likeness (QED) is 0.517. The number of fused-ring (bicyclic) bond motifs is 1. The zero-order valence-electron chi connectivity index (χ0n) is 19.9. The fraction of sp³-hybridized carbons (Fsp3) is 0.360. The lowest BCUT2D eigenvalue weighted by Gasteiger charge is -2.38. The maximum absolute atomic E-state index is 13.2. The molecular weight excluding hydrogens is 436 g/mol. The van der Waals surface area contributed by atoms with Gasteiger partial charge in [-0.1, -0.05) is 12.1 Å². The summed E-state index contributed by atoms with van der Waals surface area (Å²) < 4.78 is 15.7. The highest BCUT2D eigenvalue weighted by molar-refractivity contribution is 6.11. The summed E-state index contributed by atoms with van der Waals surface area (Å²) in [5, 5.41) is 3.67. The Kier molecular flexibility index (Phi) is 6.93. The number of nitrogens with one attached hydrogen (secondary N) is 2. The first-order valence-corrected chi connectivity index (χ1v) is 11.2. The average molecular weight is 467 g/mol. The maximum Gasteiger partial charge on any atom is 0.356 e. The van der Waals surface area contributed by atoms with Crippen LogP contribution in [0.2, 0.25) is 0 Å². The molecule has 0 spiro atoms. The van der Waals surface area contributed by atoms with Gasteiger partial charge in [0.05, 0.1) is 44.3 Å². The van der Waals surface area contributed by atoms with Crippen LogP contribution in [0.3, 0.4) is 0 Å². The number of rotatable bonds is 7. The monoisotopic (exact) mass is 466 g/mol. The van der Waals surface area contributed by atoms with Gasteiger partial charge in [0.25, 0.3) is 0 Å². The predicted octanol–water partition coefficient (Wildman–Crippen LogP) is 3.12. The highest BCUT2D eigenvalue weighted by atomic mass is 16.5. The van der Waals surface area contributed by atoms with E-state index in [4.69, 9.17) is 14.2 Å². The van der Waals surface area contributed by atoms with Crippen LogP contribution in [0.25, 0.3) is 10.9 Å². The number of aromatic amines is 1. The van der Waals surface area contributed by atoms with Crippen LogP contribution in [0.5, 0.6) is 11.5 Å². The number of hydrogen-bond donors (Lipinski definition) is 2. The van der Waals surface area contributed by atoms with E-state index in [1.807, 2.05) is 37.3 Å². The lowest BCUT2D eigenvalue weighted by Crippen LogP contribution is -2.53. The second-order valence-electron chi connectivity index (χ2n) is 8.14. The summed E-state index contributed by atoms with van der Waals surface area (Å²) in [5.74, 6) is 0.744. The molecule has 0 aliphatic carbocycles. The molecule has 2 N–H and O–H groups in total. The van der Waals surface area contributed by atoms with E-state index in [1.54, 1.807) is 26.4 Å². The smallest absolute Gasteiger partial charge is 0.356 e. The van der Waals surface area contributed by atoms with Gasteiger partial charge in [-0.3, -0.25) is 9.69 Å². The molecule has 0 bridgehead atoms. The molecule has 4 rings (SSSR count). The molecule has 1 aliphatic rings. The summed E-state index contributed by atoms with van der Waals surface area (Å²) in [6.45, 7) is 4.88. The molecule has 1 saturated heterocycles. The molecule has 2 heterocycles. The first-order chi connectivity index (χ1) is 16.5. The maximum atomic E-state index is 13.2. The van der Waals surface area contributed by atoms with Crippen molar-refractivity contribution in [2.24, 2.45) is 0 Å². The zero-order chi connectivity index (χ0) is 24.2. The highest BCUT2D eigenvalue weighted by Gasteiger charge is 2.28. The van der Waals surface area contributed by atoms with Crippen molar-refractivity contribution >= 4 is 34.2 Å². The standard InChI is InChI=1S/C25H30N4O5/c1-16(28-11-13-29(14-12-28)20-7-5-6-8-21(20)33-3)24(30)27-22-18-10-9-17(32-2)15-19(18)26-23(22)25(31)34-4/h5-10,15-16,26H,11-14H2,1-4H3,(H,27,30)/t16-/m1/s1. The fourth-order valence-electron chi connectivity index (χ4n) is 4.32. The Balaban J connectivity index is 1.48. The number of methoxy groups -OCH3 is 3. The Morgan fingerprint density at radius 2 is 1.74 bits per heavy atom. The summed E-state index contributed by atoms with van der Waals surface area (Å²) in [5.41, 5.74) is 2.34. The van der Waals surface area contributed by atoms with Gasteiger partial charge in [0.2, 0.25) is 5.91 Å². The van der Waals surface area contributed by atoms with Gasteiger partial charge in [-0.05, 0) is 31.2 Å². The average Bonchev–Trinajstić information content (AvgIpc) is 3.25. The number of anilines is 2. The molecule has 3 aromatic rings. The molecule has 0 radical (unpaired) electrons. The SMILES string of the molecule is COC(=O)c1[nH]c2cc(OC)ccc2c1NC(=O)[C@@H](C)N1CCN(c2ccccc2OC)CC1. The molecule has 1 aliphatic heterocycles. The minimum atomic E-state index is -0.552. The van der Waals surface area contributed by atoms with E-state index >= 15 is 0 Å². The van der Waals surface area contributed by atoms with Crippen LogP contribution in [0.4, 0.5) is 11.4 Å². The number of carbonyl (C=O) groups excluding carboxylic acids is 2. The van der Waals surface area contributed by atoms with Crippen molar-refractivity contribution in [2.75, 3.05) is 57.7 Å². The Bertz CT molecular complexity index is 1180. The third-order valence-electron chi connectivity index (χ3n) is 6.31. The molecule has 1 atom stereocenters. The number of esters is 1. The first-order valence-electron chi connectivity index (χ1n) is 11.2. The lowest BCUT2D eigenvalue weighted by atomic mass is 10.1. The lowest BCUT2D eigenvalue weighted by molar-refractivity contribution is -0.120. The topological polar surface area (TPSA) is 96.1 Å². The van der Waals surface area contributed by atoms with Crippen molar-refractivity contribution in [2.45, 2.75) is 13.0 Å². The van der Waals surface area contributed by atoms with Crippen molar-refractivity contribution < 1.29 is 23.8 Å². The number of amides is 1. The van der Waals surface area contributed by atoms with E-state index < -0.39 is 5.97 Å². The number of H-pyrrole nitrogens is 1. The molecule has 1 aromatic heterocycles. The number of aromatic nitrogens is 1. The molecule has 0 unspecified atom stereocenters. The van der Waals surface area contributed by atoms with Crippen LogP contribution in [-0.2, 0) is 9.53 Å². The van der Waals surface area contributed by atoms with E-state index in [2.05, 4.69) is 20.1 Å². The summed E-state index contributed by atoms with van der Waals surface area (Å²) in [4.78, 5) is 33.0. The number of ether oxygens (including phenoxy) is 3. The van der Waals surface area contributed by atoms with Gasteiger partial charge in [0, 0.05) is 37.6 Å². The Morgan fingerprint density at radius 1 is 1.00 bits per heavy atom. The van der Waals surface area contributed by atoms with E-state index in [1.165, 1.54) is 7.11 Å². The second kappa shape index (κ2) is 10.0. The Morgan fingerprint density at radius 3 is 2.41 bits per heavy atom. The molecule has 2 aromatic carbocycles. The minimum Gasteiger partial charge on any atom is -0.497 e. The van der Waals surface area contributed by atoms with Gasteiger partial charge in [-0.25, -0.2) is 4.79 Å². The number of nitrogens with zero attached hydrogens (tertiary/aromatic N) is 2. The third-order valence-corrected chi connectivity index (χ3v) is 6.31. The number of para-hydroxylation sites is 2. The van der Waals surface area contributed by atoms with Crippen LogP contribution in [0.15, 0.2) is 42.5 Å². The normalized spacial score (nSPS) is 15.1. The molecule has 0 saturated carbocycles. The van der Waals surface area contributed by atoms with Crippen LogP contribution in [0, 0.1) is 0 Å². The molecule has 9 nitrogen and oxygen atoms in total. The summed E-state index contributed by atoms with van der Waals surface area (Å²) in [7, 11) is 4.55. The van der Waals surface area contributed by atoms with Gasteiger partial charge in [-0.15, -0.1) is 0 Å². The van der Waals surface area contributed by atoms with Crippen LogP contribution < -0.4 is 19.7 Å². The van der Waals surface area contributed by atoms with E-state index in [-0.39, 0.29) is 17.6 Å². The van der Waals surface area contributed by atoms with Crippen molar-refractivity contribution in [3.05, 3.63) is 48.2 Å². The van der Waals surface area contributed by atoms with E-state index in [0.29, 0.717) is 22.3 Å². The number of carbonyl (C=O) groups is 2. The third kappa shape index (κ3) is 4.51. The van der Waals surface area contributed by atoms with Crippen LogP contribution in [0.1, 0.15) is 17.4 Å². The number of hydrogen-bond acceptors (Lipinski definition) is 7. The van der Waals surface area contributed by atoms with Crippen molar-refractivity contribution in [3.8, 4) is 11.5 Å². The van der Waals surface area contributed by atoms with Crippen molar-refractivity contribution in [1.29, 1.82) is 0 Å². The van der Waals surface area contributed by atoms with Gasteiger partial charge < -0.3 is 29.4 Å². The first kappa shape index (κ1) is 23.4. The summed E-state index contributed by atoms with van der Waals surface area (Å²) >= 11 is 0. The predicted molar refractivity (Wildman–Crippen MR) is 131 cm³/mol. The molecule has 34 heavy (non-hydrogen) atoms. The second-order valence-corrected chi connectivity index (χ2v) is 8.14. The largest absolute Gasteiger partial charge is 0.497 e. The summed E-state index contributed by atoms with van der Waals surface area (Å²) in [6.07, 6.45) is 0. The summed E-state index contributed by atoms with van der Waals surface area (Å²) in [6, 6.07) is 12.9. The van der Waals surface area contributed by atoms with Crippen LogP contribution >= 0.6 is 0 Å². The van der Waals surface area contributed by atoms with Gasteiger partial charge in [0.1, 0.15) is 17.2 Å². The number of benzene rings is 2. The Hall–Kier alpha value is -3.72. The molecule has 9 heteroatoms. The fourth-order valence-corrected chi connectivity index (χ4v) is 4.32. The van der Waals surface area contributed by atoms with E-state index in [9.17, 15) is 9.59 Å². The van der Waals surface area contributed by atoms with Crippen molar-refractivity contribution in [3.63, 3.8) is 0 Å². The molecule has 1 amide bonds. The highest BCUT2D eigenvalue weighted by Crippen LogP contribution is 2.32. The minimum absolute atomic E-state index is 0.187.